The molecule has 0 aromatic heterocycles. The summed E-state index contributed by atoms with van der Waals surface area (Å²) in [7, 11) is 0. The third-order valence-corrected chi connectivity index (χ3v) is 3.84. The van der Waals surface area contributed by atoms with Gasteiger partial charge in [-0.05, 0) is 37.8 Å². The molecule has 22 heavy (non-hydrogen) atoms. The van der Waals surface area contributed by atoms with E-state index in [0.717, 1.165) is 12.1 Å². The van der Waals surface area contributed by atoms with Crippen LogP contribution >= 0.6 is 0 Å². The van der Waals surface area contributed by atoms with Gasteiger partial charge in [-0.1, -0.05) is 0 Å². The number of carbonyl (C=O) groups is 1. The summed E-state index contributed by atoms with van der Waals surface area (Å²) < 4.78 is 32.9. The Hall–Kier alpha value is -2.16. The highest BCUT2D eigenvalue weighted by Crippen LogP contribution is 2.30. The van der Waals surface area contributed by atoms with Crippen LogP contribution in [0, 0.1) is 28.9 Å². The number of piperidine rings is 1. The molecule has 1 aromatic rings. The molecule has 1 aliphatic rings. The maximum absolute atomic E-state index is 14.0. The molecule has 2 rings (SSSR count). The Balaban J connectivity index is 2.00. The topological polar surface area (TPSA) is 53.3 Å². The zero-order valence-corrected chi connectivity index (χ0v) is 12.4. The highest BCUT2D eigenvalue weighted by atomic mass is 19.1. The van der Waals surface area contributed by atoms with E-state index in [1.165, 1.54) is 0 Å². The molecule has 0 spiro atoms. The van der Waals surface area contributed by atoms with Gasteiger partial charge in [-0.2, -0.15) is 5.26 Å². The van der Waals surface area contributed by atoms with Crippen molar-refractivity contribution in [1.82, 2.24) is 0 Å². The first-order valence-corrected chi connectivity index (χ1v) is 7.34. The van der Waals surface area contributed by atoms with Gasteiger partial charge in [0.25, 0.3) is 0 Å². The molecule has 1 heterocycles. The van der Waals surface area contributed by atoms with Crippen molar-refractivity contribution in [2.75, 3.05) is 24.6 Å². The summed E-state index contributed by atoms with van der Waals surface area (Å²) in [5.41, 5.74) is -0.121. The second-order valence-corrected chi connectivity index (χ2v) is 5.34. The zero-order valence-electron chi connectivity index (χ0n) is 12.4. The van der Waals surface area contributed by atoms with Crippen LogP contribution in [0.4, 0.5) is 14.5 Å². The first-order chi connectivity index (χ1) is 10.5. The van der Waals surface area contributed by atoms with Crippen LogP contribution in [0.1, 0.15) is 31.7 Å². The molecule has 0 atom stereocenters. The van der Waals surface area contributed by atoms with Crippen LogP contribution < -0.4 is 4.90 Å². The maximum Gasteiger partial charge on any atom is 0.306 e. The van der Waals surface area contributed by atoms with E-state index in [0.29, 0.717) is 39.0 Å². The Kier molecular flexibility index (Phi) is 5.31. The normalized spacial score (nSPS) is 15.5. The van der Waals surface area contributed by atoms with E-state index in [4.69, 9.17) is 10.00 Å². The average molecular weight is 308 g/mol. The summed E-state index contributed by atoms with van der Waals surface area (Å²) in [5, 5.41) is 8.71. The van der Waals surface area contributed by atoms with Crippen molar-refractivity contribution in [3.63, 3.8) is 0 Å². The predicted molar refractivity (Wildman–Crippen MR) is 77.3 cm³/mol. The number of halogens is 2. The number of ether oxygens (including phenoxy) is 1. The number of benzene rings is 1. The Labute approximate surface area is 128 Å². The van der Waals surface area contributed by atoms with Crippen molar-refractivity contribution in [3.05, 3.63) is 29.3 Å². The largest absolute Gasteiger partial charge is 0.466 e. The highest BCUT2D eigenvalue weighted by molar-refractivity contribution is 5.69. The fourth-order valence-corrected chi connectivity index (χ4v) is 2.75. The van der Waals surface area contributed by atoms with Crippen molar-refractivity contribution < 1.29 is 18.3 Å². The molecule has 1 aliphatic heterocycles. The molecule has 0 N–H and O–H groups in total. The van der Waals surface area contributed by atoms with Gasteiger partial charge in [0.1, 0.15) is 5.69 Å². The monoisotopic (exact) mass is 308 g/mol. The van der Waals surface area contributed by atoms with Gasteiger partial charge in [0.05, 0.1) is 18.2 Å². The second-order valence-electron chi connectivity index (χ2n) is 5.34. The third-order valence-electron chi connectivity index (χ3n) is 3.84. The Morgan fingerprint density at radius 3 is 2.45 bits per heavy atom. The second kappa shape index (κ2) is 7.21. The fraction of sp³-hybridized carbons (Fsp3) is 0.500. The molecule has 0 saturated carbocycles. The maximum atomic E-state index is 14.0. The summed E-state index contributed by atoms with van der Waals surface area (Å²) in [6, 6.07) is 3.82. The van der Waals surface area contributed by atoms with E-state index in [1.807, 2.05) is 0 Å². The Morgan fingerprint density at radius 1 is 1.36 bits per heavy atom. The highest BCUT2D eigenvalue weighted by Gasteiger charge is 2.25. The molecule has 1 aromatic carbocycles. The lowest BCUT2D eigenvalue weighted by Gasteiger charge is -2.33. The number of hydrogen-bond donors (Lipinski definition) is 0. The van der Waals surface area contributed by atoms with Crippen LogP contribution in [0.15, 0.2) is 12.1 Å². The van der Waals surface area contributed by atoms with Crippen molar-refractivity contribution in [3.8, 4) is 6.07 Å². The molecule has 6 heteroatoms. The van der Waals surface area contributed by atoms with Gasteiger partial charge >= 0.3 is 5.97 Å². The van der Waals surface area contributed by atoms with Crippen LogP contribution in [-0.2, 0) is 9.53 Å². The molecule has 0 bridgehead atoms. The number of carbonyl (C=O) groups excluding carboxylic acids is 1. The minimum atomic E-state index is -0.722. The number of hydrogen-bond acceptors (Lipinski definition) is 4. The van der Waals surface area contributed by atoms with Gasteiger partial charge in [0.15, 0.2) is 11.6 Å². The lowest BCUT2D eigenvalue weighted by Crippen LogP contribution is -2.35. The van der Waals surface area contributed by atoms with E-state index in [2.05, 4.69) is 0 Å². The number of rotatable bonds is 4. The van der Waals surface area contributed by atoms with Crippen LogP contribution in [0.3, 0.4) is 0 Å². The Bertz CT molecular complexity index is 567. The summed E-state index contributed by atoms with van der Waals surface area (Å²) in [4.78, 5) is 13.1. The lowest BCUT2D eigenvalue weighted by molar-refractivity contribution is -0.144. The predicted octanol–water partition coefficient (Wildman–Crippen LogP) is 3.01. The van der Waals surface area contributed by atoms with Crippen LogP contribution in [0.2, 0.25) is 0 Å². The molecule has 118 valence electrons. The van der Waals surface area contributed by atoms with Gasteiger partial charge in [-0.25, -0.2) is 8.78 Å². The number of nitriles is 1. The number of esters is 1. The van der Waals surface area contributed by atoms with Crippen molar-refractivity contribution >= 4 is 11.7 Å². The smallest absolute Gasteiger partial charge is 0.306 e. The third kappa shape index (κ3) is 3.73. The minimum absolute atomic E-state index is 0.0315. The van der Waals surface area contributed by atoms with E-state index < -0.39 is 11.6 Å². The van der Waals surface area contributed by atoms with Crippen molar-refractivity contribution in [2.45, 2.75) is 26.2 Å². The molecule has 1 saturated heterocycles. The van der Waals surface area contributed by atoms with E-state index in [9.17, 15) is 13.6 Å². The summed E-state index contributed by atoms with van der Waals surface area (Å²) in [5.74, 6) is -1.49. The van der Waals surface area contributed by atoms with Crippen LogP contribution in [0.5, 0.6) is 0 Å². The molecule has 0 aliphatic carbocycles. The number of anilines is 1. The molecule has 4 nitrogen and oxygen atoms in total. The lowest BCUT2D eigenvalue weighted by atomic mass is 9.93. The van der Waals surface area contributed by atoms with E-state index >= 15 is 0 Å². The zero-order chi connectivity index (χ0) is 16.1. The molecule has 0 radical (unpaired) electrons. The van der Waals surface area contributed by atoms with E-state index in [1.54, 1.807) is 17.9 Å². The molecule has 0 amide bonds. The van der Waals surface area contributed by atoms with Gasteiger partial charge < -0.3 is 9.64 Å². The SMILES string of the molecule is CCOC(=O)CC1CCN(c2c(F)cc(C#N)cc2F)CC1. The van der Waals surface area contributed by atoms with E-state index in [-0.39, 0.29) is 23.1 Å². The van der Waals surface area contributed by atoms with Crippen LogP contribution in [0.25, 0.3) is 0 Å². The summed E-state index contributed by atoms with van der Waals surface area (Å²) in [6.45, 7) is 3.07. The van der Waals surface area contributed by atoms with Crippen LogP contribution in [-0.4, -0.2) is 25.7 Å². The molecular formula is C16H18F2N2O2. The molecular weight excluding hydrogens is 290 g/mol. The fourth-order valence-electron chi connectivity index (χ4n) is 2.75. The Morgan fingerprint density at radius 2 is 1.95 bits per heavy atom. The standard InChI is InChI=1S/C16H18F2N2O2/c1-2-22-15(21)9-11-3-5-20(6-4-11)16-13(17)7-12(10-19)8-14(16)18/h7-8,11H,2-6,9H2,1H3. The first kappa shape index (κ1) is 16.2. The molecule has 0 unspecified atom stereocenters. The minimum Gasteiger partial charge on any atom is -0.466 e. The van der Waals surface area contributed by atoms with Gasteiger partial charge in [-0.15, -0.1) is 0 Å². The van der Waals surface area contributed by atoms with Crippen molar-refractivity contribution in [2.24, 2.45) is 5.92 Å². The van der Waals surface area contributed by atoms with Gasteiger partial charge in [0.2, 0.25) is 0 Å². The van der Waals surface area contributed by atoms with Gasteiger partial charge in [0, 0.05) is 19.5 Å². The first-order valence-electron chi connectivity index (χ1n) is 7.34. The van der Waals surface area contributed by atoms with Gasteiger partial charge in [-0.3, -0.25) is 4.79 Å². The average Bonchev–Trinajstić information content (AvgIpc) is 2.48. The summed E-state index contributed by atoms with van der Waals surface area (Å²) in [6.07, 6.45) is 1.70. The quantitative estimate of drug-likeness (QED) is 0.802. The van der Waals surface area contributed by atoms with Crippen molar-refractivity contribution in [1.29, 1.82) is 5.26 Å². The summed E-state index contributed by atoms with van der Waals surface area (Å²) >= 11 is 0. The molecule has 1 fully saturated rings. The number of nitrogens with zero attached hydrogens (tertiary/aromatic N) is 2.